The minimum absolute atomic E-state index is 0.132. The summed E-state index contributed by atoms with van der Waals surface area (Å²) in [6.45, 7) is 4.15. The zero-order valence-electron chi connectivity index (χ0n) is 11.5. The van der Waals surface area contributed by atoms with E-state index in [1.807, 2.05) is 4.90 Å². The smallest absolute Gasteiger partial charge is 0.389 e. The van der Waals surface area contributed by atoms with Gasteiger partial charge in [0.1, 0.15) is 0 Å². The standard InChI is InChI=1S/C13H24F3NO2/c1-2-3-8-19-10-12(18)9-17-6-4-11(5-7-17)13(14,15)16/h11-12,18H,2-10H2,1H3. The lowest BCUT2D eigenvalue weighted by Gasteiger charge is -2.33. The molecular formula is C13H24F3NO2. The lowest BCUT2D eigenvalue weighted by molar-refractivity contribution is -0.185. The molecule has 1 N–H and O–H groups in total. The molecule has 0 aliphatic carbocycles. The van der Waals surface area contributed by atoms with Gasteiger partial charge < -0.3 is 14.7 Å². The third-order valence-electron chi connectivity index (χ3n) is 3.47. The van der Waals surface area contributed by atoms with Gasteiger partial charge in [0, 0.05) is 13.2 Å². The fourth-order valence-electron chi connectivity index (χ4n) is 2.26. The van der Waals surface area contributed by atoms with Gasteiger partial charge in [-0.25, -0.2) is 0 Å². The van der Waals surface area contributed by atoms with Crippen LogP contribution in [0.25, 0.3) is 0 Å². The number of aliphatic hydroxyl groups is 1. The second kappa shape index (κ2) is 8.07. The van der Waals surface area contributed by atoms with E-state index in [-0.39, 0.29) is 19.4 Å². The highest BCUT2D eigenvalue weighted by atomic mass is 19.4. The fraction of sp³-hybridized carbons (Fsp3) is 1.00. The summed E-state index contributed by atoms with van der Waals surface area (Å²) in [6, 6.07) is 0. The van der Waals surface area contributed by atoms with E-state index in [0.717, 1.165) is 12.8 Å². The Hall–Kier alpha value is -0.330. The monoisotopic (exact) mass is 283 g/mol. The molecule has 0 spiro atoms. The summed E-state index contributed by atoms with van der Waals surface area (Å²) in [5, 5.41) is 9.74. The van der Waals surface area contributed by atoms with E-state index in [1.165, 1.54) is 0 Å². The highest BCUT2D eigenvalue weighted by molar-refractivity contribution is 4.78. The highest BCUT2D eigenvalue weighted by Crippen LogP contribution is 2.33. The molecule has 1 heterocycles. The van der Waals surface area contributed by atoms with Crippen LogP contribution in [-0.4, -0.2) is 55.1 Å². The van der Waals surface area contributed by atoms with Gasteiger partial charge >= 0.3 is 6.18 Å². The maximum atomic E-state index is 12.5. The molecule has 0 aromatic rings. The van der Waals surface area contributed by atoms with E-state index in [9.17, 15) is 18.3 Å². The largest absolute Gasteiger partial charge is 0.391 e. The molecule has 0 aromatic carbocycles. The quantitative estimate of drug-likeness (QED) is 0.728. The van der Waals surface area contributed by atoms with Crippen LogP contribution in [0.2, 0.25) is 0 Å². The molecule has 0 amide bonds. The second-order valence-corrected chi connectivity index (χ2v) is 5.20. The van der Waals surface area contributed by atoms with Gasteiger partial charge in [-0.05, 0) is 32.4 Å². The van der Waals surface area contributed by atoms with Crippen LogP contribution < -0.4 is 0 Å². The van der Waals surface area contributed by atoms with Crippen molar-refractivity contribution < 1.29 is 23.0 Å². The van der Waals surface area contributed by atoms with Gasteiger partial charge in [0.2, 0.25) is 0 Å². The van der Waals surface area contributed by atoms with Gasteiger partial charge in [-0.2, -0.15) is 13.2 Å². The zero-order chi connectivity index (χ0) is 14.3. The maximum Gasteiger partial charge on any atom is 0.391 e. The number of nitrogens with zero attached hydrogens (tertiary/aromatic N) is 1. The molecule has 1 saturated heterocycles. The van der Waals surface area contributed by atoms with Gasteiger partial charge in [-0.1, -0.05) is 13.3 Å². The van der Waals surface area contributed by atoms with Crippen LogP contribution in [0.4, 0.5) is 13.2 Å². The number of aliphatic hydroxyl groups excluding tert-OH is 1. The summed E-state index contributed by atoms with van der Waals surface area (Å²) >= 11 is 0. The molecule has 0 bridgehead atoms. The van der Waals surface area contributed by atoms with Crippen LogP contribution in [0.5, 0.6) is 0 Å². The summed E-state index contributed by atoms with van der Waals surface area (Å²) in [6.07, 6.45) is -2.42. The number of likely N-dealkylation sites (tertiary alicyclic amines) is 1. The number of alkyl halides is 3. The summed E-state index contributed by atoms with van der Waals surface area (Å²) < 4.78 is 42.7. The van der Waals surface area contributed by atoms with E-state index in [2.05, 4.69) is 6.92 Å². The third-order valence-corrected chi connectivity index (χ3v) is 3.47. The van der Waals surface area contributed by atoms with Crippen molar-refractivity contribution in [3.63, 3.8) is 0 Å². The van der Waals surface area contributed by atoms with Crippen molar-refractivity contribution in [2.24, 2.45) is 5.92 Å². The molecule has 1 atom stereocenters. The number of rotatable bonds is 7. The first kappa shape index (κ1) is 16.7. The van der Waals surface area contributed by atoms with Crippen molar-refractivity contribution >= 4 is 0 Å². The number of β-amino-alcohol motifs (C(OH)–C–C–N with tert-alkyl or cyclic N) is 1. The SMILES string of the molecule is CCCCOCC(O)CN1CCC(C(F)(F)F)CC1. The van der Waals surface area contributed by atoms with E-state index in [4.69, 9.17) is 4.74 Å². The normalized spacial score (nSPS) is 20.7. The van der Waals surface area contributed by atoms with E-state index < -0.39 is 18.2 Å². The third kappa shape index (κ3) is 6.58. The molecule has 1 rings (SSSR count). The van der Waals surface area contributed by atoms with E-state index in [0.29, 0.717) is 26.2 Å². The van der Waals surface area contributed by atoms with E-state index in [1.54, 1.807) is 0 Å². The Morgan fingerprint density at radius 3 is 2.47 bits per heavy atom. The average Bonchev–Trinajstić information content (AvgIpc) is 2.34. The Morgan fingerprint density at radius 1 is 1.32 bits per heavy atom. The number of hydrogen-bond acceptors (Lipinski definition) is 3. The molecule has 1 fully saturated rings. The Labute approximate surface area is 112 Å². The Morgan fingerprint density at radius 2 is 1.95 bits per heavy atom. The van der Waals surface area contributed by atoms with Crippen molar-refractivity contribution in [2.75, 3.05) is 32.8 Å². The van der Waals surface area contributed by atoms with Gasteiger partial charge in [-0.15, -0.1) is 0 Å². The van der Waals surface area contributed by atoms with Crippen LogP contribution in [0.3, 0.4) is 0 Å². The molecular weight excluding hydrogens is 259 g/mol. The van der Waals surface area contributed by atoms with Crippen LogP contribution in [-0.2, 0) is 4.74 Å². The number of ether oxygens (including phenoxy) is 1. The van der Waals surface area contributed by atoms with Crippen LogP contribution in [0.1, 0.15) is 32.6 Å². The first-order valence-electron chi connectivity index (χ1n) is 6.98. The first-order valence-corrected chi connectivity index (χ1v) is 6.98. The first-order chi connectivity index (χ1) is 8.93. The van der Waals surface area contributed by atoms with E-state index >= 15 is 0 Å². The van der Waals surface area contributed by atoms with Crippen molar-refractivity contribution in [2.45, 2.75) is 44.9 Å². The van der Waals surface area contributed by atoms with Gasteiger partial charge in [0.25, 0.3) is 0 Å². The molecule has 0 radical (unpaired) electrons. The zero-order valence-corrected chi connectivity index (χ0v) is 11.5. The Kier molecular flexibility index (Phi) is 7.10. The van der Waals surface area contributed by atoms with Crippen molar-refractivity contribution in [3.8, 4) is 0 Å². The Balaban J connectivity index is 2.14. The van der Waals surface area contributed by atoms with Gasteiger partial charge in [-0.3, -0.25) is 0 Å². The molecule has 1 aliphatic heterocycles. The molecule has 1 aliphatic rings. The number of piperidine rings is 1. The summed E-state index contributed by atoms with van der Waals surface area (Å²) in [5.74, 6) is -1.18. The average molecular weight is 283 g/mol. The maximum absolute atomic E-state index is 12.5. The van der Waals surface area contributed by atoms with Crippen molar-refractivity contribution in [1.29, 1.82) is 0 Å². The predicted octanol–water partition coefficient (Wildman–Crippen LogP) is 2.44. The topological polar surface area (TPSA) is 32.7 Å². The predicted molar refractivity (Wildman–Crippen MR) is 67.0 cm³/mol. The fourth-order valence-corrected chi connectivity index (χ4v) is 2.26. The van der Waals surface area contributed by atoms with Crippen LogP contribution >= 0.6 is 0 Å². The lowest BCUT2D eigenvalue weighted by atomic mass is 9.96. The summed E-state index contributed by atoms with van der Waals surface area (Å²) in [7, 11) is 0. The number of hydrogen-bond donors (Lipinski definition) is 1. The van der Waals surface area contributed by atoms with Crippen LogP contribution in [0, 0.1) is 5.92 Å². The molecule has 19 heavy (non-hydrogen) atoms. The number of halogens is 3. The molecule has 0 saturated carbocycles. The lowest BCUT2D eigenvalue weighted by Crippen LogP contribution is -2.43. The molecule has 3 nitrogen and oxygen atoms in total. The minimum atomic E-state index is -4.08. The van der Waals surface area contributed by atoms with Gasteiger partial charge in [0.15, 0.2) is 0 Å². The van der Waals surface area contributed by atoms with Crippen LogP contribution in [0.15, 0.2) is 0 Å². The summed E-state index contributed by atoms with van der Waals surface area (Å²) in [4.78, 5) is 1.89. The van der Waals surface area contributed by atoms with Crippen molar-refractivity contribution in [1.82, 2.24) is 4.90 Å². The summed E-state index contributed by atoms with van der Waals surface area (Å²) in [5.41, 5.74) is 0. The molecule has 0 aromatic heterocycles. The van der Waals surface area contributed by atoms with Gasteiger partial charge in [0.05, 0.1) is 18.6 Å². The highest BCUT2D eigenvalue weighted by Gasteiger charge is 2.41. The minimum Gasteiger partial charge on any atom is -0.389 e. The molecule has 6 heteroatoms. The molecule has 1 unspecified atom stereocenters. The second-order valence-electron chi connectivity index (χ2n) is 5.20. The number of unbranched alkanes of at least 4 members (excludes halogenated alkanes) is 1. The van der Waals surface area contributed by atoms with Crippen molar-refractivity contribution in [3.05, 3.63) is 0 Å². The molecule has 114 valence electrons. The Bertz CT molecular complexity index is 241.